The van der Waals surface area contributed by atoms with Gasteiger partial charge in [-0.25, -0.2) is 0 Å². The number of fused-ring (bicyclic) bond motifs is 18. The van der Waals surface area contributed by atoms with Crippen LogP contribution in [0.15, 0.2) is 168 Å². The lowest BCUT2D eigenvalue weighted by Crippen LogP contribution is -2.32. The Hall–Kier alpha value is -7.16. The zero-order chi connectivity index (χ0) is 39.9. The van der Waals surface area contributed by atoms with Crippen molar-refractivity contribution in [2.24, 2.45) is 0 Å². The summed E-state index contributed by atoms with van der Waals surface area (Å²) in [5, 5.41) is 5.16. The summed E-state index contributed by atoms with van der Waals surface area (Å²) in [6.45, 7) is 4.79. The Morgan fingerprint density at radius 2 is 1.07 bits per heavy atom. The van der Waals surface area contributed by atoms with Crippen LogP contribution in [-0.2, 0) is 30.1 Å². The van der Waals surface area contributed by atoms with Gasteiger partial charge in [0.05, 0.1) is 22.5 Å². The molecule has 0 fully saturated rings. The van der Waals surface area contributed by atoms with Crippen LogP contribution >= 0.6 is 0 Å². The smallest absolute Gasteiger partial charge is 0.159 e. The van der Waals surface area contributed by atoms with Crippen LogP contribution in [0, 0.1) is 0 Å². The molecule has 0 unspecified atom stereocenters. The Morgan fingerprint density at radius 1 is 0.410 bits per heavy atom. The van der Waals surface area contributed by atoms with Crippen molar-refractivity contribution in [2.45, 2.75) is 43.9 Å². The Kier molecular flexibility index (Phi) is 5.87. The molecular weight excluding hydrogens is 739 g/mol. The highest BCUT2D eigenvalue weighted by molar-refractivity contribution is 6.19. The monoisotopic (exact) mass is 777 g/mol. The Bertz CT molecular complexity index is 3620. The lowest BCUT2D eigenvalue weighted by molar-refractivity contribution is 0.630. The lowest BCUT2D eigenvalue weighted by Gasteiger charge is -2.42. The number of rotatable bonds is 1. The van der Waals surface area contributed by atoms with E-state index < -0.39 is 5.41 Å². The van der Waals surface area contributed by atoms with Crippen LogP contribution in [0.4, 0.5) is 17.1 Å². The van der Waals surface area contributed by atoms with E-state index >= 15 is 0 Å². The van der Waals surface area contributed by atoms with Gasteiger partial charge in [0, 0.05) is 21.8 Å². The van der Waals surface area contributed by atoms with E-state index in [1.165, 1.54) is 111 Å². The summed E-state index contributed by atoms with van der Waals surface area (Å²) >= 11 is 0. The molecule has 2 heterocycles. The highest BCUT2D eigenvalue weighted by atomic mass is 16.3. The van der Waals surface area contributed by atoms with Gasteiger partial charge in [-0.1, -0.05) is 153 Å². The SMILES string of the molecule is CC1(C)c2ccccc2N(c2cccc3c2oc2c4c(ccc23)C2(c3ccccc3-c3ccccc32)c2ccc3c5c(ccc-4c25)CC3)c2cc3c(cc21)-c1ccccc1C3. The van der Waals surface area contributed by atoms with E-state index in [1.54, 1.807) is 0 Å². The number of benzene rings is 9. The molecule has 0 radical (unpaired) electrons. The van der Waals surface area contributed by atoms with Gasteiger partial charge in [0.1, 0.15) is 5.58 Å². The number of para-hydroxylation sites is 2. The molecule has 1 aromatic heterocycles. The van der Waals surface area contributed by atoms with Gasteiger partial charge in [0.15, 0.2) is 5.58 Å². The third-order valence-electron chi connectivity index (χ3n) is 15.6. The lowest BCUT2D eigenvalue weighted by atomic mass is 9.61. The maximum Gasteiger partial charge on any atom is 0.159 e. The van der Waals surface area contributed by atoms with E-state index in [9.17, 15) is 0 Å². The van der Waals surface area contributed by atoms with Crippen LogP contribution < -0.4 is 4.90 Å². The van der Waals surface area contributed by atoms with Gasteiger partial charge < -0.3 is 9.32 Å². The van der Waals surface area contributed by atoms with Crippen molar-refractivity contribution in [1.82, 2.24) is 0 Å². The number of aryl methyl sites for hydroxylation is 2. The molecule has 0 bridgehead atoms. The molecule has 1 aliphatic heterocycles. The molecule has 0 N–H and O–H groups in total. The quantitative estimate of drug-likeness (QED) is 0.165. The fourth-order valence-corrected chi connectivity index (χ4v) is 13.0. The molecule has 1 spiro atoms. The van der Waals surface area contributed by atoms with Crippen LogP contribution in [0.2, 0.25) is 0 Å². The topological polar surface area (TPSA) is 16.4 Å². The second-order valence-electron chi connectivity index (χ2n) is 18.6. The van der Waals surface area contributed by atoms with Crippen molar-refractivity contribution in [1.29, 1.82) is 0 Å². The molecule has 15 rings (SSSR count). The molecule has 10 aromatic rings. The zero-order valence-corrected chi connectivity index (χ0v) is 34.1. The van der Waals surface area contributed by atoms with Crippen molar-refractivity contribution < 1.29 is 4.42 Å². The normalized spacial score (nSPS) is 16.1. The number of furan rings is 1. The van der Waals surface area contributed by atoms with E-state index in [4.69, 9.17) is 4.42 Å². The van der Waals surface area contributed by atoms with Crippen molar-refractivity contribution in [3.05, 3.63) is 219 Å². The molecule has 2 heteroatoms. The molecule has 286 valence electrons. The fourth-order valence-electron chi connectivity index (χ4n) is 13.0. The number of hydrogen-bond donors (Lipinski definition) is 0. The predicted octanol–water partition coefficient (Wildman–Crippen LogP) is 14.9. The maximum absolute atomic E-state index is 7.62. The van der Waals surface area contributed by atoms with Crippen LogP contribution in [0.25, 0.3) is 66.1 Å². The van der Waals surface area contributed by atoms with E-state index in [2.05, 4.69) is 183 Å². The average molecular weight is 778 g/mol. The number of nitrogens with zero attached hydrogens (tertiary/aromatic N) is 1. The van der Waals surface area contributed by atoms with Gasteiger partial charge in [0.2, 0.25) is 0 Å². The molecule has 0 saturated heterocycles. The second-order valence-corrected chi connectivity index (χ2v) is 18.6. The maximum atomic E-state index is 7.62. The minimum absolute atomic E-state index is 0.203. The Morgan fingerprint density at radius 3 is 1.87 bits per heavy atom. The summed E-state index contributed by atoms with van der Waals surface area (Å²) < 4.78 is 7.62. The molecule has 0 amide bonds. The standard InChI is InChI=1S/C59H39NO/c1-58(2)46-19-9-10-20-50(46)60(52-31-36-30-35-12-3-4-13-37(35)43(36)32-49(52)58)51-21-11-16-40-41-27-29-48-55(57(41)61-56(40)51)42-26-24-33-22-23-34-25-28-47(54(42)53(33)34)59(48)44-17-7-5-14-38(44)39-15-6-8-18-45(39)59/h3-21,24-29,31-32H,22-23,30H2,1-2H3. The molecule has 0 saturated carbocycles. The zero-order valence-electron chi connectivity index (χ0n) is 34.1. The van der Waals surface area contributed by atoms with E-state index in [-0.39, 0.29) is 5.41 Å². The number of anilines is 3. The average Bonchev–Trinajstić information content (AvgIpc) is 4.07. The van der Waals surface area contributed by atoms with Crippen molar-refractivity contribution >= 4 is 49.8 Å². The second kappa shape index (κ2) is 11.0. The van der Waals surface area contributed by atoms with Crippen LogP contribution in [0.1, 0.15) is 69.5 Å². The van der Waals surface area contributed by atoms with E-state index in [0.717, 1.165) is 46.9 Å². The third-order valence-corrected chi connectivity index (χ3v) is 15.6. The first-order valence-corrected chi connectivity index (χ1v) is 21.9. The summed E-state index contributed by atoms with van der Waals surface area (Å²) in [6.07, 6.45) is 3.12. The van der Waals surface area contributed by atoms with Crippen LogP contribution in [0.3, 0.4) is 0 Å². The first-order chi connectivity index (χ1) is 30.0. The summed E-state index contributed by atoms with van der Waals surface area (Å²) in [5.74, 6) is 0. The number of hydrogen-bond acceptors (Lipinski definition) is 2. The highest BCUT2D eigenvalue weighted by Crippen LogP contribution is 2.64. The van der Waals surface area contributed by atoms with Gasteiger partial charge in [-0.05, 0) is 138 Å². The van der Waals surface area contributed by atoms with Gasteiger partial charge >= 0.3 is 0 Å². The predicted molar refractivity (Wildman–Crippen MR) is 250 cm³/mol. The molecule has 5 aliphatic rings. The molecule has 9 aromatic carbocycles. The summed E-state index contributed by atoms with van der Waals surface area (Å²) in [6, 6.07) is 62.6. The summed E-state index contributed by atoms with van der Waals surface area (Å²) in [5.41, 5.74) is 26.4. The molecule has 61 heavy (non-hydrogen) atoms. The molecular formula is C59H39NO. The van der Waals surface area contributed by atoms with E-state index in [0.29, 0.717) is 0 Å². The van der Waals surface area contributed by atoms with Gasteiger partial charge in [-0.3, -0.25) is 0 Å². The highest BCUT2D eigenvalue weighted by Gasteiger charge is 2.51. The van der Waals surface area contributed by atoms with E-state index in [1.807, 2.05) is 0 Å². The molecule has 2 nitrogen and oxygen atoms in total. The van der Waals surface area contributed by atoms with Crippen LogP contribution in [-0.4, -0.2) is 0 Å². The van der Waals surface area contributed by atoms with Crippen molar-refractivity contribution in [3.8, 4) is 33.4 Å². The van der Waals surface area contributed by atoms with Crippen molar-refractivity contribution in [2.75, 3.05) is 4.90 Å². The van der Waals surface area contributed by atoms with Crippen molar-refractivity contribution in [3.63, 3.8) is 0 Å². The first-order valence-electron chi connectivity index (χ1n) is 21.9. The first kappa shape index (κ1) is 32.7. The summed E-state index contributed by atoms with van der Waals surface area (Å²) in [4.78, 5) is 2.51. The van der Waals surface area contributed by atoms with Gasteiger partial charge in [-0.2, -0.15) is 0 Å². The minimum atomic E-state index is -0.487. The Balaban J connectivity index is 1.05. The summed E-state index contributed by atoms with van der Waals surface area (Å²) in [7, 11) is 0. The fraction of sp³-hybridized carbons (Fsp3) is 0.119. The molecule has 4 aliphatic carbocycles. The van der Waals surface area contributed by atoms with Crippen LogP contribution in [0.5, 0.6) is 0 Å². The largest absolute Gasteiger partial charge is 0.453 e. The van der Waals surface area contributed by atoms with Gasteiger partial charge in [-0.15, -0.1) is 0 Å². The Labute approximate surface area is 354 Å². The third kappa shape index (κ3) is 3.75. The van der Waals surface area contributed by atoms with Gasteiger partial charge in [0.25, 0.3) is 0 Å². The molecule has 0 atom stereocenters. The minimum Gasteiger partial charge on any atom is -0.453 e.